The average molecular weight is 266 g/mol. The van der Waals surface area contributed by atoms with Gasteiger partial charge in [0.15, 0.2) is 0 Å². The van der Waals surface area contributed by atoms with Gasteiger partial charge in [0.2, 0.25) is 0 Å². The molecule has 2 nitrogen and oxygen atoms in total. The Balaban J connectivity index is 1.65. The summed E-state index contributed by atoms with van der Waals surface area (Å²) in [5, 5.41) is 11.8. The van der Waals surface area contributed by atoms with Crippen molar-refractivity contribution < 1.29 is 4.39 Å². The van der Waals surface area contributed by atoms with Crippen molar-refractivity contribution in [2.45, 2.75) is 25.3 Å². The molecule has 0 unspecified atom stereocenters. The van der Waals surface area contributed by atoms with E-state index in [2.05, 4.69) is 29.6 Å². The lowest BCUT2D eigenvalue weighted by atomic mass is 10.1. The number of nitrogens with one attached hydrogen (secondary N) is 1. The van der Waals surface area contributed by atoms with Crippen LogP contribution in [0.2, 0.25) is 0 Å². The summed E-state index contributed by atoms with van der Waals surface area (Å²) in [6, 6.07) is 14.9. The largest absolute Gasteiger partial charge is 0.379 e. The number of hydrogen-bond donors (Lipinski definition) is 1. The lowest BCUT2D eigenvalue weighted by molar-refractivity contribution is 0.629. The summed E-state index contributed by atoms with van der Waals surface area (Å²) in [6.45, 7) is 0.577. The second-order valence-corrected chi connectivity index (χ2v) is 5.18. The Labute approximate surface area is 117 Å². The second-order valence-electron chi connectivity index (χ2n) is 5.18. The fourth-order valence-corrected chi connectivity index (χ4v) is 2.25. The molecule has 0 aromatic heterocycles. The topological polar surface area (TPSA) is 35.8 Å². The molecule has 2 aromatic carbocycles. The van der Waals surface area contributed by atoms with E-state index in [9.17, 15) is 4.39 Å². The van der Waals surface area contributed by atoms with Crippen LogP contribution in [0.25, 0.3) is 0 Å². The summed E-state index contributed by atoms with van der Waals surface area (Å²) in [5.74, 6) is 0.367. The molecule has 0 saturated heterocycles. The Morgan fingerprint density at radius 1 is 1.15 bits per heavy atom. The molecule has 1 fully saturated rings. The van der Waals surface area contributed by atoms with Gasteiger partial charge < -0.3 is 5.32 Å². The van der Waals surface area contributed by atoms with Gasteiger partial charge in [-0.1, -0.05) is 24.3 Å². The maximum absolute atomic E-state index is 13.7. The first-order valence-corrected chi connectivity index (χ1v) is 6.78. The molecule has 0 aliphatic heterocycles. The number of benzene rings is 2. The monoisotopic (exact) mass is 266 g/mol. The van der Waals surface area contributed by atoms with Gasteiger partial charge in [-0.25, -0.2) is 4.39 Å². The van der Waals surface area contributed by atoms with Crippen LogP contribution >= 0.6 is 0 Å². The van der Waals surface area contributed by atoms with Crippen molar-refractivity contribution in [3.8, 4) is 6.07 Å². The van der Waals surface area contributed by atoms with Crippen LogP contribution < -0.4 is 5.32 Å². The highest BCUT2D eigenvalue weighted by molar-refractivity contribution is 5.49. The third kappa shape index (κ3) is 2.80. The lowest BCUT2D eigenvalue weighted by Crippen LogP contribution is -2.01. The SMILES string of the molecule is N#Cc1ccc(NCc2ccc(C3CC3)cc2)c(F)c1. The van der Waals surface area contributed by atoms with Crippen LogP contribution in [0.3, 0.4) is 0 Å². The van der Waals surface area contributed by atoms with Crippen LogP contribution in [0.1, 0.15) is 35.4 Å². The predicted molar refractivity (Wildman–Crippen MR) is 76.9 cm³/mol. The van der Waals surface area contributed by atoms with Crippen molar-refractivity contribution in [3.63, 3.8) is 0 Å². The highest BCUT2D eigenvalue weighted by Crippen LogP contribution is 2.39. The molecule has 1 N–H and O–H groups in total. The van der Waals surface area contributed by atoms with E-state index in [1.54, 1.807) is 12.1 Å². The molecule has 0 spiro atoms. The van der Waals surface area contributed by atoms with Crippen LogP contribution in [-0.4, -0.2) is 0 Å². The van der Waals surface area contributed by atoms with Gasteiger partial charge in [-0.2, -0.15) is 5.26 Å². The van der Waals surface area contributed by atoms with E-state index in [1.807, 2.05) is 6.07 Å². The van der Waals surface area contributed by atoms with Crippen LogP contribution in [0, 0.1) is 17.1 Å². The smallest absolute Gasteiger partial charge is 0.147 e. The third-order valence-corrected chi connectivity index (χ3v) is 3.61. The third-order valence-electron chi connectivity index (χ3n) is 3.61. The van der Waals surface area contributed by atoms with Gasteiger partial charge in [-0.15, -0.1) is 0 Å². The second kappa shape index (κ2) is 5.34. The first-order chi connectivity index (χ1) is 9.76. The normalized spacial score (nSPS) is 13.8. The fraction of sp³-hybridized carbons (Fsp3) is 0.235. The van der Waals surface area contributed by atoms with Crippen LogP contribution in [0.5, 0.6) is 0 Å². The van der Waals surface area contributed by atoms with Gasteiger partial charge in [-0.3, -0.25) is 0 Å². The Hall–Kier alpha value is -2.34. The quantitative estimate of drug-likeness (QED) is 0.900. The maximum Gasteiger partial charge on any atom is 0.147 e. The molecule has 0 radical (unpaired) electrons. The average Bonchev–Trinajstić information content (AvgIpc) is 3.31. The van der Waals surface area contributed by atoms with Gasteiger partial charge >= 0.3 is 0 Å². The van der Waals surface area contributed by atoms with Gasteiger partial charge in [0, 0.05) is 6.54 Å². The maximum atomic E-state index is 13.7. The predicted octanol–water partition coefficient (Wildman–Crippen LogP) is 4.19. The molecule has 100 valence electrons. The molecule has 3 rings (SSSR count). The van der Waals surface area contributed by atoms with Crippen molar-refractivity contribution >= 4 is 5.69 Å². The van der Waals surface area contributed by atoms with Gasteiger partial charge in [-0.05, 0) is 48.1 Å². The number of halogens is 1. The molecule has 1 aliphatic rings. The van der Waals surface area contributed by atoms with E-state index >= 15 is 0 Å². The first-order valence-electron chi connectivity index (χ1n) is 6.78. The summed E-state index contributed by atoms with van der Waals surface area (Å²) in [6.07, 6.45) is 2.60. The van der Waals surface area contributed by atoms with E-state index in [-0.39, 0.29) is 0 Å². The van der Waals surface area contributed by atoms with Crippen molar-refractivity contribution in [2.24, 2.45) is 0 Å². The molecular weight excluding hydrogens is 251 g/mol. The minimum atomic E-state index is -0.390. The molecule has 0 heterocycles. The summed E-state index contributed by atoms with van der Waals surface area (Å²) >= 11 is 0. The summed E-state index contributed by atoms with van der Waals surface area (Å²) in [4.78, 5) is 0. The minimum absolute atomic E-state index is 0.335. The summed E-state index contributed by atoms with van der Waals surface area (Å²) < 4.78 is 13.7. The number of nitrogens with zero attached hydrogens (tertiary/aromatic N) is 1. The number of rotatable bonds is 4. The highest BCUT2D eigenvalue weighted by atomic mass is 19.1. The number of hydrogen-bond acceptors (Lipinski definition) is 2. The molecular formula is C17H15FN2. The molecule has 20 heavy (non-hydrogen) atoms. The zero-order valence-electron chi connectivity index (χ0n) is 11.1. The minimum Gasteiger partial charge on any atom is -0.379 e. The van der Waals surface area contributed by atoms with Crippen molar-refractivity contribution in [2.75, 3.05) is 5.32 Å². The van der Waals surface area contributed by atoms with Crippen LogP contribution in [0.15, 0.2) is 42.5 Å². The molecule has 1 aliphatic carbocycles. The van der Waals surface area contributed by atoms with Crippen molar-refractivity contribution in [1.29, 1.82) is 5.26 Å². The van der Waals surface area contributed by atoms with Gasteiger partial charge in [0.05, 0.1) is 17.3 Å². The van der Waals surface area contributed by atoms with Crippen molar-refractivity contribution in [3.05, 3.63) is 65.0 Å². The Bertz CT molecular complexity index is 652. The van der Waals surface area contributed by atoms with E-state index in [0.717, 1.165) is 11.5 Å². The first kappa shape index (κ1) is 12.7. The Kier molecular flexibility index (Phi) is 3.39. The fourth-order valence-electron chi connectivity index (χ4n) is 2.25. The zero-order valence-corrected chi connectivity index (χ0v) is 11.1. The van der Waals surface area contributed by atoms with E-state index in [0.29, 0.717) is 17.8 Å². The Morgan fingerprint density at radius 2 is 1.90 bits per heavy atom. The molecule has 0 bridgehead atoms. The van der Waals surface area contributed by atoms with Crippen LogP contribution in [0.4, 0.5) is 10.1 Å². The molecule has 2 aromatic rings. The number of nitriles is 1. The standard InChI is InChI=1S/C17H15FN2/c18-16-9-13(10-19)3-8-17(16)20-11-12-1-4-14(5-2-12)15-6-7-15/h1-5,8-9,15,20H,6-7,11H2. The van der Waals surface area contributed by atoms with Gasteiger partial charge in [0.25, 0.3) is 0 Å². The zero-order chi connectivity index (χ0) is 13.9. The van der Waals surface area contributed by atoms with E-state index in [4.69, 9.17) is 5.26 Å². The van der Waals surface area contributed by atoms with Crippen molar-refractivity contribution in [1.82, 2.24) is 0 Å². The Morgan fingerprint density at radius 3 is 2.50 bits per heavy atom. The van der Waals surface area contributed by atoms with Crippen LogP contribution in [-0.2, 0) is 6.54 Å². The highest BCUT2D eigenvalue weighted by Gasteiger charge is 2.22. The van der Waals surface area contributed by atoms with E-state index < -0.39 is 5.82 Å². The summed E-state index contributed by atoms with van der Waals surface area (Å²) in [5.41, 5.74) is 3.29. The summed E-state index contributed by atoms with van der Waals surface area (Å²) in [7, 11) is 0. The van der Waals surface area contributed by atoms with E-state index in [1.165, 1.54) is 24.5 Å². The molecule has 1 saturated carbocycles. The molecule has 0 atom stereocenters. The number of anilines is 1. The van der Waals surface area contributed by atoms with Gasteiger partial charge in [0.1, 0.15) is 5.82 Å². The molecule has 3 heteroatoms. The molecule has 0 amide bonds. The lowest BCUT2D eigenvalue weighted by Gasteiger charge is -2.08.